The molecule has 0 aromatic heterocycles. The highest BCUT2D eigenvalue weighted by Gasteiger charge is 2.29. The Hall–Kier alpha value is -1.75. The van der Waals surface area contributed by atoms with Gasteiger partial charge < -0.3 is 20.3 Å². The first-order valence-corrected chi connectivity index (χ1v) is 13.9. The average Bonchev–Trinajstić information content (AvgIpc) is 2.83. The van der Waals surface area contributed by atoms with Crippen molar-refractivity contribution in [1.82, 2.24) is 4.90 Å². The van der Waals surface area contributed by atoms with Crippen LogP contribution in [0.25, 0.3) is 0 Å². The van der Waals surface area contributed by atoms with Gasteiger partial charge in [-0.05, 0) is 80.5 Å². The summed E-state index contributed by atoms with van der Waals surface area (Å²) in [5, 5.41) is 0. The molecule has 1 amide bonds. The Morgan fingerprint density at radius 1 is 1.00 bits per heavy atom. The second-order valence-corrected chi connectivity index (χ2v) is 11.5. The molecule has 2 fully saturated rings. The number of ether oxygens (including phenoxy) is 1. The van der Waals surface area contributed by atoms with Crippen LogP contribution in [0.15, 0.2) is 24.3 Å². The fourth-order valence-corrected chi connectivity index (χ4v) is 5.46. The van der Waals surface area contributed by atoms with Gasteiger partial charge in [0.15, 0.2) is 0 Å². The Kier molecular flexibility index (Phi) is 10.6. The van der Waals surface area contributed by atoms with Crippen LogP contribution >= 0.6 is 0 Å². The van der Waals surface area contributed by atoms with Crippen molar-refractivity contribution < 1.29 is 9.53 Å². The molecule has 2 aliphatic rings. The maximum absolute atomic E-state index is 12.8. The second kappa shape index (κ2) is 13.4. The molecule has 1 aromatic carbocycles. The minimum atomic E-state index is -0.366. The SMILES string of the molecule is CC(C)CCN(c1ccc(OCC2CCCCC2)cc1)C1CCN(C(=O)[C@H](N)CC(C)C)CC1. The van der Waals surface area contributed by atoms with Crippen LogP contribution in [-0.2, 0) is 4.79 Å². The largest absolute Gasteiger partial charge is 0.493 e. The lowest BCUT2D eigenvalue weighted by Gasteiger charge is -2.41. The highest BCUT2D eigenvalue weighted by atomic mass is 16.5. The van der Waals surface area contributed by atoms with Crippen molar-refractivity contribution in [2.45, 2.75) is 97.6 Å². The van der Waals surface area contributed by atoms with Crippen LogP contribution in [0.4, 0.5) is 5.69 Å². The third-order valence-electron chi connectivity index (χ3n) is 7.59. The van der Waals surface area contributed by atoms with E-state index in [-0.39, 0.29) is 11.9 Å². The van der Waals surface area contributed by atoms with E-state index in [4.69, 9.17) is 10.5 Å². The predicted molar refractivity (Wildman–Crippen MR) is 142 cm³/mol. The van der Waals surface area contributed by atoms with Gasteiger partial charge in [-0.3, -0.25) is 4.79 Å². The van der Waals surface area contributed by atoms with Crippen molar-refractivity contribution in [3.05, 3.63) is 24.3 Å². The van der Waals surface area contributed by atoms with Crippen molar-refractivity contribution >= 4 is 11.6 Å². The Labute approximate surface area is 208 Å². The Balaban J connectivity index is 1.58. The van der Waals surface area contributed by atoms with E-state index >= 15 is 0 Å². The van der Waals surface area contributed by atoms with Gasteiger partial charge in [0.1, 0.15) is 5.75 Å². The normalized spacial score (nSPS) is 19.0. The number of nitrogens with zero attached hydrogens (tertiary/aromatic N) is 2. The van der Waals surface area contributed by atoms with Crippen molar-refractivity contribution in [2.24, 2.45) is 23.5 Å². The monoisotopic (exact) mass is 471 g/mol. The molecule has 1 saturated carbocycles. The van der Waals surface area contributed by atoms with Gasteiger partial charge in [-0.1, -0.05) is 47.0 Å². The maximum Gasteiger partial charge on any atom is 0.239 e. The molecule has 1 aliphatic heterocycles. The average molecular weight is 472 g/mol. The van der Waals surface area contributed by atoms with Crippen LogP contribution in [0.3, 0.4) is 0 Å². The van der Waals surface area contributed by atoms with Gasteiger partial charge in [-0.15, -0.1) is 0 Å². The van der Waals surface area contributed by atoms with E-state index in [1.54, 1.807) is 0 Å². The fraction of sp³-hybridized carbons (Fsp3) is 0.759. The van der Waals surface area contributed by atoms with Crippen LogP contribution in [-0.4, -0.2) is 49.1 Å². The first-order valence-electron chi connectivity index (χ1n) is 13.9. The number of nitrogens with two attached hydrogens (primary N) is 1. The zero-order valence-electron chi connectivity index (χ0n) is 22.2. The van der Waals surface area contributed by atoms with E-state index in [0.29, 0.717) is 17.9 Å². The molecule has 0 unspecified atom stereocenters. The molecule has 0 bridgehead atoms. The Bertz CT molecular complexity index is 719. The predicted octanol–water partition coefficient (Wildman–Crippen LogP) is 5.86. The third-order valence-corrected chi connectivity index (χ3v) is 7.59. The van der Waals surface area contributed by atoms with E-state index < -0.39 is 0 Å². The highest BCUT2D eigenvalue weighted by molar-refractivity contribution is 5.81. The lowest BCUT2D eigenvalue weighted by molar-refractivity contribution is -0.134. The molecule has 0 spiro atoms. The number of rotatable bonds is 11. The molecular formula is C29H49N3O2. The van der Waals surface area contributed by atoms with Gasteiger partial charge in [0.25, 0.3) is 0 Å². The van der Waals surface area contributed by atoms with E-state index in [9.17, 15) is 4.79 Å². The summed E-state index contributed by atoms with van der Waals surface area (Å²) in [7, 11) is 0. The first-order chi connectivity index (χ1) is 16.3. The summed E-state index contributed by atoms with van der Waals surface area (Å²) in [5.41, 5.74) is 7.46. The summed E-state index contributed by atoms with van der Waals surface area (Å²) >= 11 is 0. The molecule has 34 heavy (non-hydrogen) atoms. The molecule has 5 nitrogen and oxygen atoms in total. The summed E-state index contributed by atoms with van der Waals surface area (Å²) in [5.74, 6) is 2.93. The summed E-state index contributed by atoms with van der Waals surface area (Å²) in [6.07, 6.45) is 10.6. The van der Waals surface area contributed by atoms with E-state index in [2.05, 4.69) is 56.9 Å². The molecule has 1 atom stereocenters. The molecule has 1 aromatic rings. The van der Waals surface area contributed by atoms with Crippen molar-refractivity contribution in [1.29, 1.82) is 0 Å². The number of likely N-dealkylation sites (tertiary alicyclic amines) is 1. The molecule has 1 heterocycles. The van der Waals surface area contributed by atoms with Crippen LogP contribution in [0.2, 0.25) is 0 Å². The van der Waals surface area contributed by atoms with E-state index in [0.717, 1.165) is 57.2 Å². The van der Waals surface area contributed by atoms with Gasteiger partial charge in [0.05, 0.1) is 12.6 Å². The molecule has 2 N–H and O–H groups in total. The summed E-state index contributed by atoms with van der Waals surface area (Å²) < 4.78 is 6.14. The van der Waals surface area contributed by atoms with Gasteiger partial charge in [-0.2, -0.15) is 0 Å². The van der Waals surface area contributed by atoms with Gasteiger partial charge in [-0.25, -0.2) is 0 Å². The number of piperidine rings is 1. The summed E-state index contributed by atoms with van der Waals surface area (Å²) in [6.45, 7) is 12.3. The topological polar surface area (TPSA) is 58.8 Å². The Morgan fingerprint density at radius 3 is 2.24 bits per heavy atom. The van der Waals surface area contributed by atoms with E-state index in [1.165, 1.54) is 44.2 Å². The molecular weight excluding hydrogens is 422 g/mol. The van der Waals surface area contributed by atoms with Crippen LogP contribution in [0.1, 0.15) is 85.5 Å². The lowest BCUT2D eigenvalue weighted by Crippen LogP contribution is -2.51. The minimum absolute atomic E-state index is 0.125. The second-order valence-electron chi connectivity index (χ2n) is 11.5. The molecule has 1 saturated heterocycles. The van der Waals surface area contributed by atoms with Crippen molar-refractivity contribution in [3.8, 4) is 5.75 Å². The zero-order chi connectivity index (χ0) is 24.5. The number of amides is 1. The molecule has 192 valence electrons. The lowest BCUT2D eigenvalue weighted by atomic mass is 9.90. The number of hydrogen-bond acceptors (Lipinski definition) is 4. The molecule has 5 heteroatoms. The van der Waals surface area contributed by atoms with Crippen molar-refractivity contribution in [3.63, 3.8) is 0 Å². The van der Waals surface area contributed by atoms with Gasteiger partial charge >= 0.3 is 0 Å². The highest BCUT2D eigenvalue weighted by Crippen LogP contribution is 2.29. The molecule has 0 radical (unpaired) electrons. The summed E-state index contributed by atoms with van der Waals surface area (Å²) in [6, 6.07) is 8.83. The number of hydrogen-bond donors (Lipinski definition) is 1. The smallest absolute Gasteiger partial charge is 0.239 e. The number of benzene rings is 1. The standard InChI is InChI=1S/C29H49N3O2/c1-22(2)14-19-32(26-15-17-31(18-16-26)29(33)28(30)20-23(3)4)25-10-12-27(13-11-25)34-21-24-8-6-5-7-9-24/h10-13,22-24,26,28H,5-9,14-21,30H2,1-4H3/t28-/m1/s1. The third kappa shape index (κ3) is 8.18. The summed E-state index contributed by atoms with van der Waals surface area (Å²) in [4.78, 5) is 17.3. The van der Waals surface area contributed by atoms with E-state index in [1.807, 2.05) is 4.90 Å². The number of anilines is 1. The Morgan fingerprint density at radius 2 is 1.65 bits per heavy atom. The van der Waals surface area contributed by atoms with Gasteiger partial charge in [0.2, 0.25) is 5.91 Å². The molecule has 1 aliphatic carbocycles. The maximum atomic E-state index is 12.8. The van der Waals surface area contributed by atoms with Crippen molar-refractivity contribution in [2.75, 3.05) is 31.1 Å². The quantitative estimate of drug-likeness (QED) is 0.439. The van der Waals surface area contributed by atoms with Gasteiger partial charge in [0, 0.05) is 31.4 Å². The fourth-order valence-electron chi connectivity index (χ4n) is 5.46. The van der Waals surface area contributed by atoms with Crippen LogP contribution in [0, 0.1) is 17.8 Å². The number of carbonyl (C=O) groups excluding carboxylic acids is 1. The minimum Gasteiger partial charge on any atom is -0.493 e. The molecule has 3 rings (SSSR count). The van der Waals surface area contributed by atoms with Crippen LogP contribution < -0.4 is 15.4 Å². The number of carbonyl (C=O) groups is 1. The first kappa shape index (κ1) is 26.8. The zero-order valence-corrected chi connectivity index (χ0v) is 22.2. The van der Waals surface area contributed by atoms with Crippen LogP contribution in [0.5, 0.6) is 5.75 Å².